The molecule has 0 spiro atoms. The maximum atomic E-state index is 13.6. The van der Waals surface area contributed by atoms with E-state index in [1.807, 2.05) is 0 Å². The molecule has 5 nitrogen and oxygen atoms in total. The van der Waals surface area contributed by atoms with Gasteiger partial charge >= 0.3 is 0 Å². The molecule has 112 valence electrons. The van der Waals surface area contributed by atoms with E-state index in [9.17, 15) is 17.2 Å². The first-order valence-electron chi connectivity index (χ1n) is 5.75. The van der Waals surface area contributed by atoms with E-state index in [0.717, 1.165) is 12.1 Å². The van der Waals surface area contributed by atoms with Gasteiger partial charge in [0.25, 0.3) is 10.0 Å². The van der Waals surface area contributed by atoms with E-state index in [4.69, 9.17) is 10.5 Å². The summed E-state index contributed by atoms with van der Waals surface area (Å²) in [6.07, 6.45) is 0. The monoisotopic (exact) mass is 314 g/mol. The highest BCUT2D eigenvalue weighted by molar-refractivity contribution is 7.92. The lowest BCUT2D eigenvalue weighted by atomic mass is 10.2. The van der Waals surface area contributed by atoms with Crippen molar-refractivity contribution in [3.63, 3.8) is 0 Å². The third-order valence-corrected chi connectivity index (χ3v) is 4.09. The van der Waals surface area contributed by atoms with Crippen LogP contribution >= 0.6 is 0 Å². The van der Waals surface area contributed by atoms with Gasteiger partial charge in [-0.2, -0.15) is 0 Å². The Labute approximate surface area is 120 Å². The Morgan fingerprint density at radius 1 is 1.14 bits per heavy atom. The number of halogens is 2. The molecule has 0 saturated heterocycles. The van der Waals surface area contributed by atoms with E-state index < -0.39 is 26.6 Å². The quantitative estimate of drug-likeness (QED) is 0.849. The Bertz CT molecular complexity index is 779. The van der Waals surface area contributed by atoms with Crippen LogP contribution in [0.2, 0.25) is 0 Å². The zero-order valence-corrected chi connectivity index (χ0v) is 11.7. The Kier molecular flexibility index (Phi) is 3.99. The molecule has 0 aliphatic heterocycles. The predicted octanol–water partition coefficient (Wildman–Crippen LogP) is 2.36. The van der Waals surface area contributed by atoms with Crippen molar-refractivity contribution in [2.75, 3.05) is 17.6 Å². The van der Waals surface area contributed by atoms with Crippen molar-refractivity contribution in [1.29, 1.82) is 0 Å². The number of nitrogens with two attached hydrogens (primary N) is 1. The summed E-state index contributed by atoms with van der Waals surface area (Å²) in [7, 11) is -2.83. The summed E-state index contributed by atoms with van der Waals surface area (Å²) >= 11 is 0. The minimum atomic E-state index is -4.24. The van der Waals surface area contributed by atoms with Crippen molar-refractivity contribution in [2.24, 2.45) is 0 Å². The standard InChI is InChI=1S/C13H12F2N2O3S/c1-20-9-3-4-11(16)12(7-9)17-21(18,19)13-5-2-8(14)6-10(13)15/h2-7,17H,16H2,1H3. The molecular weight excluding hydrogens is 302 g/mol. The molecule has 0 amide bonds. The van der Waals surface area contributed by atoms with E-state index in [2.05, 4.69) is 4.72 Å². The fraction of sp³-hybridized carbons (Fsp3) is 0.0769. The van der Waals surface area contributed by atoms with E-state index in [0.29, 0.717) is 11.8 Å². The van der Waals surface area contributed by atoms with Crippen LogP contribution in [0, 0.1) is 11.6 Å². The van der Waals surface area contributed by atoms with Gasteiger partial charge in [0, 0.05) is 12.1 Å². The van der Waals surface area contributed by atoms with Gasteiger partial charge in [0.2, 0.25) is 0 Å². The second kappa shape index (κ2) is 5.57. The molecule has 2 aromatic rings. The van der Waals surface area contributed by atoms with E-state index in [1.54, 1.807) is 6.07 Å². The van der Waals surface area contributed by atoms with Gasteiger partial charge in [-0.1, -0.05) is 0 Å². The van der Waals surface area contributed by atoms with Crippen LogP contribution in [0.3, 0.4) is 0 Å². The number of nitrogens with one attached hydrogen (secondary N) is 1. The SMILES string of the molecule is COc1ccc(N)c(NS(=O)(=O)c2ccc(F)cc2F)c1. The summed E-state index contributed by atoms with van der Waals surface area (Å²) in [4.78, 5) is -0.675. The molecule has 0 aliphatic carbocycles. The molecule has 0 radical (unpaired) electrons. The molecule has 0 aromatic heterocycles. The maximum Gasteiger partial charge on any atom is 0.264 e. The lowest BCUT2D eigenvalue weighted by molar-refractivity contribution is 0.415. The highest BCUT2D eigenvalue weighted by Gasteiger charge is 2.20. The van der Waals surface area contributed by atoms with Gasteiger partial charge in [0.1, 0.15) is 22.3 Å². The van der Waals surface area contributed by atoms with Gasteiger partial charge in [-0.25, -0.2) is 17.2 Å². The number of rotatable bonds is 4. The van der Waals surface area contributed by atoms with Gasteiger partial charge in [-0.3, -0.25) is 4.72 Å². The van der Waals surface area contributed by atoms with Crippen molar-refractivity contribution < 1.29 is 21.9 Å². The van der Waals surface area contributed by atoms with E-state index in [1.165, 1.54) is 19.2 Å². The lowest BCUT2D eigenvalue weighted by Gasteiger charge is -2.12. The number of hydrogen-bond donors (Lipinski definition) is 2. The highest BCUT2D eigenvalue weighted by atomic mass is 32.2. The molecule has 2 aromatic carbocycles. The van der Waals surface area contributed by atoms with Crippen LogP contribution < -0.4 is 15.2 Å². The molecule has 0 fully saturated rings. The van der Waals surface area contributed by atoms with Crippen molar-refractivity contribution >= 4 is 21.4 Å². The summed E-state index contributed by atoms with van der Waals surface area (Å²) < 4.78 is 57.7. The number of benzene rings is 2. The molecule has 0 atom stereocenters. The number of methoxy groups -OCH3 is 1. The van der Waals surface area contributed by atoms with Crippen LogP contribution in [0.15, 0.2) is 41.3 Å². The van der Waals surface area contributed by atoms with Crippen molar-refractivity contribution in [3.05, 3.63) is 48.0 Å². The smallest absolute Gasteiger partial charge is 0.264 e. The lowest BCUT2D eigenvalue weighted by Crippen LogP contribution is -2.15. The first kappa shape index (κ1) is 15.0. The molecule has 8 heteroatoms. The van der Waals surface area contributed by atoms with Crippen LogP contribution in [0.4, 0.5) is 20.2 Å². The van der Waals surface area contributed by atoms with Crippen LogP contribution in [0.5, 0.6) is 5.75 Å². The summed E-state index contributed by atoms with van der Waals surface area (Å²) in [5.41, 5.74) is 5.84. The van der Waals surface area contributed by atoms with Gasteiger partial charge in [-0.05, 0) is 24.3 Å². The topological polar surface area (TPSA) is 81.4 Å². The first-order chi connectivity index (χ1) is 9.83. The number of hydrogen-bond acceptors (Lipinski definition) is 4. The van der Waals surface area contributed by atoms with Crippen molar-refractivity contribution in [3.8, 4) is 5.75 Å². The van der Waals surface area contributed by atoms with Crippen LogP contribution in [0.25, 0.3) is 0 Å². The Balaban J connectivity index is 2.42. The Morgan fingerprint density at radius 3 is 2.48 bits per heavy atom. The van der Waals surface area contributed by atoms with Crippen LogP contribution in [-0.2, 0) is 10.0 Å². The highest BCUT2D eigenvalue weighted by Crippen LogP contribution is 2.27. The minimum Gasteiger partial charge on any atom is -0.497 e. The molecule has 0 saturated carbocycles. The number of ether oxygens (including phenoxy) is 1. The number of nitrogen functional groups attached to an aromatic ring is 1. The number of anilines is 2. The van der Waals surface area contributed by atoms with Gasteiger partial charge in [0.15, 0.2) is 0 Å². The molecular formula is C13H12F2N2O3S. The molecule has 0 heterocycles. The zero-order chi connectivity index (χ0) is 15.6. The third-order valence-electron chi connectivity index (χ3n) is 2.69. The molecule has 0 unspecified atom stereocenters. The van der Waals surface area contributed by atoms with Gasteiger partial charge < -0.3 is 10.5 Å². The second-order valence-electron chi connectivity index (χ2n) is 4.13. The third kappa shape index (κ3) is 3.22. The molecule has 3 N–H and O–H groups in total. The van der Waals surface area contributed by atoms with Crippen molar-refractivity contribution in [2.45, 2.75) is 4.90 Å². The van der Waals surface area contributed by atoms with Crippen molar-refractivity contribution in [1.82, 2.24) is 0 Å². The Hall–Kier alpha value is -2.35. The fourth-order valence-corrected chi connectivity index (χ4v) is 2.78. The Morgan fingerprint density at radius 2 is 1.86 bits per heavy atom. The molecule has 2 rings (SSSR count). The first-order valence-corrected chi connectivity index (χ1v) is 7.23. The summed E-state index contributed by atoms with van der Waals surface area (Å²) in [5, 5.41) is 0. The van der Waals surface area contributed by atoms with Crippen LogP contribution in [0.1, 0.15) is 0 Å². The zero-order valence-electron chi connectivity index (χ0n) is 10.9. The van der Waals surface area contributed by atoms with E-state index >= 15 is 0 Å². The predicted molar refractivity (Wildman–Crippen MR) is 74.6 cm³/mol. The molecule has 21 heavy (non-hydrogen) atoms. The average molecular weight is 314 g/mol. The van der Waals surface area contributed by atoms with E-state index in [-0.39, 0.29) is 11.4 Å². The minimum absolute atomic E-state index is 0.0399. The summed E-state index contributed by atoms with van der Waals surface area (Å²) in [6, 6.07) is 6.52. The van der Waals surface area contributed by atoms with Gasteiger partial charge in [0.05, 0.1) is 18.5 Å². The summed E-state index contributed by atoms with van der Waals surface area (Å²) in [5.74, 6) is -1.68. The van der Waals surface area contributed by atoms with Crippen LogP contribution in [-0.4, -0.2) is 15.5 Å². The summed E-state index contributed by atoms with van der Waals surface area (Å²) in [6.45, 7) is 0. The fourth-order valence-electron chi connectivity index (χ4n) is 1.64. The largest absolute Gasteiger partial charge is 0.497 e. The normalized spacial score (nSPS) is 11.2. The van der Waals surface area contributed by atoms with Gasteiger partial charge in [-0.15, -0.1) is 0 Å². The average Bonchev–Trinajstić information content (AvgIpc) is 2.40. The second-order valence-corrected chi connectivity index (χ2v) is 5.78. The molecule has 0 aliphatic rings. The molecule has 0 bridgehead atoms. The number of sulfonamides is 1. The maximum absolute atomic E-state index is 13.6.